The minimum absolute atomic E-state index is 0.0241. The van der Waals surface area contributed by atoms with Gasteiger partial charge in [0.15, 0.2) is 5.65 Å². The molecule has 2 rings (SSSR count). The number of ether oxygens (including phenoxy) is 1. The first-order chi connectivity index (χ1) is 9.19. The first-order valence-electron chi connectivity index (χ1n) is 5.96. The monoisotopic (exact) mass is 296 g/mol. The van der Waals surface area contributed by atoms with Crippen molar-refractivity contribution in [1.82, 2.24) is 9.55 Å². The molecule has 0 radical (unpaired) electrons. The average Bonchev–Trinajstić information content (AvgIpc) is 2.65. The Morgan fingerprint density at radius 3 is 2.60 bits per heavy atom. The van der Waals surface area contributed by atoms with Gasteiger partial charge in [-0.25, -0.2) is 14.3 Å². The summed E-state index contributed by atoms with van der Waals surface area (Å²) in [5, 5.41) is 19.5. The van der Waals surface area contributed by atoms with Crippen LogP contribution in [0.4, 0.5) is 4.79 Å². The molecule has 6 nitrogen and oxygen atoms in total. The largest absolute Gasteiger partial charge is 0.506 e. The number of nitrogens with zero attached hydrogens (tertiary/aromatic N) is 2. The number of rotatable bonds is 1. The van der Waals surface area contributed by atoms with Crippen LogP contribution in [0.5, 0.6) is 0 Å². The van der Waals surface area contributed by atoms with Crippen LogP contribution < -0.4 is 5.59 Å². The fraction of sp³-hybridized carbons (Fsp3) is 0.333. The van der Waals surface area contributed by atoms with E-state index in [2.05, 4.69) is 4.98 Å². The molecule has 0 unspecified atom stereocenters. The molecule has 106 valence electrons. The summed E-state index contributed by atoms with van der Waals surface area (Å²) < 4.78 is 6.25. The van der Waals surface area contributed by atoms with Gasteiger partial charge < -0.3 is 14.8 Å². The van der Waals surface area contributed by atoms with E-state index in [1.807, 2.05) is 0 Å². The molecule has 0 aliphatic rings. The van der Waals surface area contributed by atoms with Crippen LogP contribution in [-0.2, 0) is 4.74 Å². The molecule has 0 spiro atoms. The number of carbonyl (C=O) groups is 1. The predicted molar refractivity (Wildman–Crippen MR) is 76.2 cm³/mol. The zero-order chi connectivity index (χ0) is 15.1. The molecule has 0 atom stereocenters. The highest BCUT2D eigenvalue weighted by Crippen LogP contribution is 2.18. The van der Waals surface area contributed by atoms with Crippen LogP contribution in [-0.4, -0.2) is 38.4 Å². The van der Waals surface area contributed by atoms with E-state index in [9.17, 15) is 14.8 Å². The van der Waals surface area contributed by atoms with Crippen LogP contribution in [0.3, 0.4) is 0 Å². The molecule has 0 aromatic carbocycles. The molecule has 0 bridgehead atoms. The van der Waals surface area contributed by atoms with Crippen molar-refractivity contribution in [3.8, 4) is 0 Å². The molecule has 0 aliphatic heterocycles. The maximum absolute atomic E-state index is 12.2. The fourth-order valence-corrected chi connectivity index (χ4v) is 1.91. The van der Waals surface area contributed by atoms with Crippen LogP contribution in [0.1, 0.15) is 20.8 Å². The third-order valence-corrected chi connectivity index (χ3v) is 2.70. The van der Waals surface area contributed by atoms with Gasteiger partial charge in [-0.1, -0.05) is 11.6 Å². The van der Waals surface area contributed by atoms with Gasteiger partial charge >= 0.3 is 13.2 Å². The summed E-state index contributed by atoms with van der Waals surface area (Å²) in [7, 11) is -1.82. The highest BCUT2D eigenvalue weighted by atomic mass is 35.5. The van der Waals surface area contributed by atoms with Crippen LogP contribution in [0.25, 0.3) is 11.0 Å². The lowest BCUT2D eigenvalue weighted by molar-refractivity contribution is 0.0547. The second-order valence-corrected chi connectivity index (χ2v) is 5.69. The summed E-state index contributed by atoms with van der Waals surface area (Å²) in [4.78, 5) is 16.2. The second kappa shape index (κ2) is 5.08. The number of hydrogen-bond acceptors (Lipinski definition) is 5. The van der Waals surface area contributed by atoms with Crippen LogP contribution in [0.2, 0.25) is 5.15 Å². The minimum atomic E-state index is -1.82. The van der Waals surface area contributed by atoms with Crippen molar-refractivity contribution in [2.45, 2.75) is 26.4 Å². The van der Waals surface area contributed by atoms with Gasteiger partial charge in [0, 0.05) is 5.39 Å². The Kier molecular flexibility index (Phi) is 3.77. The standard InChI is InChI=1S/C12H14BClN2O4/c1-12(2,3)20-11(17)16-8(13(18)19)6-7-4-5-9(14)15-10(7)16/h4-6,18-19H,1-3H3. The topological polar surface area (TPSA) is 84.6 Å². The van der Waals surface area contributed by atoms with E-state index >= 15 is 0 Å². The van der Waals surface area contributed by atoms with Crippen LogP contribution >= 0.6 is 11.6 Å². The van der Waals surface area contributed by atoms with Crippen molar-refractivity contribution in [1.29, 1.82) is 0 Å². The number of pyridine rings is 1. The Morgan fingerprint density at radius 1 is 1.40 bits per heavy atom. The Labute approximate surface area is 121 Å². The third kappa shape index (κ3) is 2.95. The lowest BCUT2D eigenvalue weighted by atomic mass is 9.86. The quantitative estimate of drug-likeness (QED) is 0.609. The summed E-state index contributed by atoms with van der Waals surface area (Å²) in [6.45, 7) is 5.14. The van der Waals surface area contributed by atoms with E-state index in [-0.39, 0.29) is 16.4 Å². The molecule has 0 saturated heterocycles. The number of hydrogen-bond donors (Lipinski definition) is 2. The number of halogens is 1. The maximum Gasteiger partial charge on any atom is 0.506 e. The molecule has 0 fully saturated rings. The molecule has 0 amide bonds. The van der Waals surface area contributed by atoms with Gasteiger partial charge in [-0.3, -0.25) is 0 Å². The minimum Gasteiger partial charge on any atom is -0.443 e. The van der Waals surface area contributed by atoms with Crippen molar-refractivity contribution >= 4 is 41.4 Å². The molecular weight excluding hydrogens is 282 g/mol. The second-order valence-electron chi connectivity index (χ2n) is 5.31. The van der Waals surface area contributed by atoms with Gasteiger partial charge in [0.25, 0.3) is 0 Å². The first-order valence-corrected chi connectivity index (χ1v) is 6.34. The molecule has 2 aromatic heterocycles. The fourth-order valence-electron chi connectivity index (χ4n) is 1.76. The van der Waals surface area contributed by atoms with Gasteiger partial charge in [0.05, 0.1) is 5.59 Å². The smallest absolute Gasteiger partial charge is 0.443 e. The lowest BCUT2D eigenvalue weighted by Gasteiger charge is -2.20. The Balaban J connectivity index is 2.62. The van der Waals surface area contributed by atoms with Gasteiger partial charge in [0.2, 0.25) is 0 Å². The van der Waals surface area contributed by atoms with Gasteiger partial charge in [0.1, 0.15) is 10.8 Å². The molecule has 8 heteroatoms. The molecule has 2 aromatic rings. The Bertz CT molecular complexity index is 663. The Hall–Kier alpha value is -1.57. The molecule has 20 heavy (non-hydrogen) atoms. The normalized spacial score (nSPS) is 11.7. The molecule has 2 N–H and O–H groups in total. The van der Waals surface area contributed by atoms with Crippen molar-refractivity contribution < 1.29 is 19.6 Å². The van der Waals surface area contributed by atoms with Gasteiger partial charge in [-0.15, -0.1) is 0 Å². The van der Waals surface area contributed by atoms with E-state index in [0.29, 0.717) is 5.39 Å². The first kappa shape index (κ1) is 14.8. The summed E-state index contributed by atoms with van der Waals surface area (Å²) in [6, 6.07) is 4.64. The third-order valence-electron chi connectivity index (χ3n) is 2.49. The summed E-state index contributed by atoms with van der Waals surface area (Å²) in [6.07, 6.45) is -0.745. The maximum atomic E-state index is 12.2. The van der Waals surface area contributed by atoms with E-state index in [1.54, 1.807) is 32.9 Å². The van der Waals surface area contributed by atoms with E-state index < -0.39 is 18.8 Å². The SMILES string of the molecule is CC(C)(C)OC(=O)n1c(B(O)O)cc2ccc(Cl)nc21. The van der Waals surface area contributed by atoms with Crippen molar-refractivity contribution in [3.05, 3.63) is 23.4 Å². The van der Waals surface area contributed by atoms with E-state index in [4.69, 9.17) is 16.3 Å². The summed E-state index contributed by atoms with van der Waals surface area (Å²) >= 11 is 5.82. The molecular formula is C12H14BClN2O4. The van der Waals surface area contributed by atoms with Gasteiger partial charge in [-0.2, -0.15) is 0 Å². The van der Waals surface area contributed by atoms with Crippen LogP contribution in [0.15, 0.2) is 18.2 Å². The number of aromatic nitrogens is 2. The van der Waals surface area contributed by atoms with Crippen LogP contribution in [0, 0.1) is 0 Å². The zero-order valence-corrected chi connectivity index (χ0v) is 12.0. The zero-order valence-electron chi connectivity index (χ0n) is 11.3. The number of carbonyl (C=O) groups excluding carboxylic acids is 1. The van der Waals surface area contributed by atoms with E-state index in [0.717, 1.165) is 4.57 Å². The number of fused-ring (bicyclic) bond motifs is 1. The highest BCUT2D eigenvalue weighted by molar-refractivity contribution is 6.59. The summed E-state index contributed by atoms with van der Waals surface area (Å²) in [5.41, 5.74) is -0.525. The van der Waals surface area contributed by atoms with Crippen molar-refractivity contribution in [3.63, 3.8) is 0 Å². The average molecular weight is 297 g/mol. The van der Waals surface area contributed by atoms with Crippen molar-refractivity contribution in [2.75, 3.05) is 0 Å². The van der Waals surface area contributed by atoms with E-state index in [1.165, 1.54) is 6.07 Å². The molecule has 0 saturated carbocycles. The molecule has 2 heterocycles. The molecule has 0 aliphatic carbocycles. The summed E-state index contributed by atoms with van der Waals surface area (Å²) in [5.74, 6) is 0. The van der Waals surface area contributed by atoms with Gasteiger partial charge in [-0.05, 0) is 39.0 Å². The Morgan fingerprint density at radius 2 is 2.05 bits per heavy atom. The predicted octanol–water partition coefficient (Wildman–Crippen LogP) is 1.15. The van der Waals surface area contributed by atoms with Crippen molar-refractivity contribution in [2.24, 2.45) is 0 Å². The highest BCUT2D eigenvalue weighted by Gasteiger charge is 2.27. The lowest BCUT2D eigenvalue weighted by Crippen LogP contribution is -2.41.